The van der Waals surface area contributed by atoms with Crippen molar-refractivity contribution in [1.82, 2.24) is 9.88 Å². The first kappa shape index (κ1) is 24.1. The third-order valence-corrected chi connectivity index (χ3v) is 5.28. The number of aryl methyl sites for hydroxylation is 1. The first-order chi connectivity index (χ1) is 14.1. The second kappa shape index (κ2) is 10.2. The standard InChI is InChI=1S/C18H26N2O3.C2HF3O2/c1-3-22-12-16-5-4-6-18(16)13-20(7-8-23-18)17(21)15-9-14(2)10-19-11-15;3-2(4,5)1(6)7/h9-11,16H,3-8,12-13H2,1-2H3;(H,6,7)/t16-,18-;/m0./s1. The van der Waals surface area contributed by atoms with Crippen LogP contribution >= 0.6 is 0 Å². The average Bonchev–Trinajstić information content (AvgIpc) is 3.06. The van der Waals surface area contributed by atoms with Gasteiger partial charge in [0.25, 0.3) is 5.91 Å². The number of aromatic nitrogens is 1. The zero-order valence-electron chi connectivity index (χ0n) is 17.1. The molecule has 1 N–H and O–H groups in total. The number of aliphatic carboxylic acids is 1. The van der Waals surface area contributed by atoms with Gasteiger partial charge in [-0.25, -0.2) is 4.79 Å². The summed E-state index contributed by atoms with van der Waals surface area (Å²) >= 11 is 0. The zero-order chi connectivity index (χ0) is 22.4. The van der Waals surface area contributed by atoms with Crippen molar-refractivity contribution in [1.29, 1.82) is 0 Å². The molecule has 1 spiro atoms. The molecule has 1 aliphatic heterocycles. The largest absolute Gasteiger partial charge is 0.490 e. The van der Waals surface area contributed by atoms with E-state index < -0.39 is 12.1 Å². The van der Waals surface area contributed by atoms with Gasteiger partial charge in [-0.15, -0.1) is 0 Å². The Hall–Kier alpha value is -2.20. The number of hydrogen-bond acceptors (Lipinski definition) is 5. The summed E-state index contributed by atoms with van der Waals surface area (Å²) in [5.41, 5.74) is 1.45. The summed E-state index contributed by atoms with van der Waals surface area (Å²) in [4.78, 5) is 27.8. The number of rotatable bonds is 4. The summed E-state index contributed by atoms with van der Waals surface area (Å²) in [5.74, 6) is -2.31. The van der Waals surface area contributed by atoms with Crippen LogP contribution in [0.15, 0.2) is 18.5 Å². The van der Waals surface area contributed by atoms with Crippen LogP contribution in [0.2, 0.25) is 0 Å². The molecule has 2 aliphatic rings. The van der Waals surface area contributed by atoms with Crippen LogP contribution in [0.4, 0.5) is 13.2 Å². The Labute approximate surface area is 173 Å². The predicted octanol–water partition coefficient (Wildman–Crippen LogP) is 3.07. The van der Waals surface area contributed by atoms with Crippen molar-refractivity contribution in [3.05, 3.63) is 29.6 Å². The molecule has 1 saturated carbocycles. The van der Waals surface area contributed by atoms with E-state index in [9.17, 15) is 18.0 Å². The minimum absolute atomic E-state index is 0.0611. The number of amides is 1. The molecular weight excluding hydrogens is 405 g/mol. The Kier molecular flexibility index (Phi) is 8.19. The van der Waals surface area contributed by atoms with E-state index in [1.54, 1.807) is 12.4 Å². The maximum absolute atomic E-state index is 12.8. The monoisotopic (exact) mass is 432 g/mol. The Bertz CT molecular complexity index is 743. The van der Waals surface area contributed by atoms with Crippen LogP contribution in [-0.4, -0.2) is 71.6 Å². The highest BCUT2D eigenvalue weighted by molar-refractivity contribution is 5.94. The SMILES string of the molecule is CCOC[C@@H]1CCC[C@]12CN(C(=O)c1cncc(C)c1)CCO2.O=C(O)C(F)(F)F. The maximum atomic E-state index is 12.8. The normalized spacial score (nSPS) is 23.8. The minimum atomic E-state index is -5.08. The fourth-order valence-electron chi connectivity index (χ4n) is 3.84. The van der Waals surface area contributed by atoms with Crippen molar-refractivity contribution < 1.29 is 37.3 Å². The van der Waals surface area contributed by atoms with Gasteiger partial charge in [0.15, 0.2) is 0 Å². The molecule has 2 heterocycles. The number of carboxylic acid groups (broad SMARTS) is 1. The van der Waals surface area contributed by atoms with Crippen LogP contribution in [0, 0.1) is 12.8 Å². The molecule has 0 aromatic carbocycles. The van der Waals surface area contributed by atoms with Gasteiger partial charge in [0.1, 0.15) is 0 Å². The van der Waals surface area contributed by atoms with Crippen LogP contribution in [0.25, 0.3) is 0 Å². The molecule has 30 heavy (non-hydrogen) atoms. The highest BCUT2D eigenvalue weighted by atomic mass is 19.4. The van der Waals surface area contributed by atoms with Gasteiger partial charge in [-0.05, 0) is 38.3 Å². The lowest BCUT2D eigenvalue weighted by Crippen LogP contribution is -2.56. The summed E-state index contributed by atoms with van der Waals surface area (Å²) in [7, 11) is 0. The van der Waals surface area contributed by atoms with Crippen molar-refractivity contribution in [3.8, 4) is 0 Å². The number of carbonyl (C=O) groups excluding carboxylic acids is 1. The highest BCUT2D eigenvalue weighted by Gasteiger charge is 2.48. The van der Waals surface area contributed by atoms with E-state index in [1.807, 2.05) is 24.8 Å². The second-order valence-corrected chi connectivity index (χ2v) is 7.44. The number of carboxylic acids is 1. The third kappa shape index (κ3) is 6.15. The molecule has 2 atom stereocenters. The van der Waals surface area contributed by atoms with Crippen molar-refractivity contribution in [3.63, 3.8) is 0 Å². The quantitative estimate of drug-likeness (QED) is 0.787. The first-order valence-electron chi connectivity index (χ1n) is 9.82. The first-order valence-corrected chi connectivity index (χ1v) is 9.82. The van der Waals surface area contributed by atoms with Crippen molar-refractivity contribution in [2.45, 2.75) is 44.9 Å². The van der Waals surface area contributed by atoms with Gasteiger partial charge >= 0.3 is 12.1 Å². The fourth-order valence-corrected chi connectivity index (χ4v) is 3.84. The Morgan fingerprint density at radius 2 is 2.10 bits per heavy atom. The van der Waals surface area contributed by atoms with E-state index in [-0.39, 0.29) is 11.5 Å². The van der Waals surface area contributed by atoms with Crippen LogP contribution in [0.1, 0.15) is 42.1 Å². The van der Waals surface area contributed by atoms with Crippen LogP contribution in [-0.2, 0) is 14.3 Å². The van der Waals surface area contributed by atoms with Gasteiger partial charge in [-0.2, -0.15) is 13.2 Å². The van der Waals surface area contributed by atoms with E-state index in [2.05, 4.69) is 4.98 Å². The summed E-state index contributed by atoms with van der Waals surface area (Å²) in [6.07, 6.45) is 1.62. The van der Waals surface area contributed by atoms with Gasteiger partial charge in [-0.3, -0.25) is 9.78 Å². The molecule has 2 fully saturated rings. The zero-order valence-corrected chi connectivity index (χ0v) is 17.1. The molecule has 1 aliphatic carbocycles. The van der Waals surface area contributed by atoms with Crippen LogP contribution < -0.4 is 0 Å². The molecule has 0 radical (unpaired) electrons. The van der Waals surface area contributed by atoms with Crippen molar-refractivity contribution in [2.75, 3.05) is 32.9 Å². The van der Waals surface area contributed by atoms with Gasteiger partial charge < -0.3 is 19.5 Å². The molecule has 168 valence electrons. The number of ether oxygens (including phenoxy) is 2. The number of halogens is 3. The van der Waals surface area contributed by atoms with E-state index >= 15 is 0 Å². The highest BCUT2D eigenvalue weighted by Crippen LogP contribution is 2.41. The number of nitrogens with zero attached hydrogens (tertiary/aromatic N) is 2. The Morgan fingerprint density at radius 3 is 2.70 bits per heavy atom. The van der Waals surface area contributed by atoms with Crippen LogP contribution in [0.3, 0.4) is 0 Å². The molecular formula is C20H27F3N2O5. The predicted molar refractivity (Wildman–Crippen MR) is 101 cm³/mol. The lowest BCUT2D eigenvalue weighted by atomic mass is 9.89. The lowest BCUT2D eigenvalue weighted by molar-refractivity contribution is -0.192. The number of hydrogen-bond donors (Lipinski definition) is 1. The van der Waals surface area contributed by atoms with E-state index in [4.69, 9.17) is 19.4 Å². The molecule has 0 bridgehead atoms. The number of morpholine rings is 1. The second-order valence-electron chi connectivity index (χ2n) is 7.44. The molecule has 1 amide bonds. The molecule has 1 saturated heterocycles. The minimum Gasteiger partial charge on any atom is -0.475 e. The molecule has 1 aromatic heterocycles. The molecule has 3 rings (SSSR count). The number of carbonyl (C=O) groups is 2. The van der Waals surface area contributed by atoms with Crippen molar-refractivity contribution in [2.24, 2.45) is 5.92 Å². The third-order valence-electron chi connectivity index (χ3n) is 5.28. The summed E-state index contributed by atoms with van der Waals surface area (Å²) < 4.78 is 43.6. The Morgan fingerprint density at radius 1 is 1.40 bits per heavy atom. The van der Waals surface area contributed by atoms with Crippen molar-refractivity contribution >= 4 is 11.9 Å². The average molecular weight is 432 g/mol. The summed E-state index contributed by atoms with van der Waals surface area (Å²) in [5, 5.41) is 7.12. The molecule has 1 aromatic rings. The van der Waals surface area contributed by atoms with E-state index in [0.29, 0.717) is 31.2 Å². The molecule has 10 heteroatoms. The van der Waals surface area contributed by atoms with E-state index in [1.165, 1.54) is 0 Å². The number of alkyl halides is 3. The summed E-state index contributed by atoms with van der Waals surface area (Å²) in [6.45, 7) is 7.35. The van der Waals surface area contributed by atoms with Crippen LogP contribution in [0.5, 0.6) is 0 Å². The van der Waals surface area contributed by atoms with Gasteiger partial charge in [-0.1, -0.05) is 6.42 Å². The van der Waals surface area contributed by atoms with Gasteiger partial charge in [0.2, 0.25) is 0 Å². The van der Waals surface area contributed by atoms with E-state index in [0.717, 1.165) is 38.0 Å². The lowest BCUT2D eigenvalue weighted by Gasteiger charge is -2.44. The van der Waals surface area contributed by atoms with Gasteiger partial charge in [0.05, 0.1) is 30.9 Å². The number of pyridine rings is 1. The molecule has 0 unspecified atom stereocenters. The Balaban J connectivity index is 0.000000396. The summed E-state index contributed by atoms with van der Waals surface area (Å²) in [6, 6.07) is 1.91. The topological polar surface area (TPSA) is 89.0 Å². The molecule has 7 nitrogen and oxygen atoms in total. The smallest absolute Gasteiger partial charge is 0.475 e. The maximum Gasteiger partial charge on any atom is 0.490 e. The fraction of sp³-hybridized carbons (Fsp3) is 0.650. The van der Waals surface area contributed by atoms with Gasteiger partial charge in [0, 0.05) is 31.5 Å².